The summed E-state index contributed by atoms with van der Waals surface area (Å²) in [6.45, 7) is 4.67. The molecular weight excluding hydrogens is 264 g/mol. The lowest BCUT2D eigenvalue weighted by atomic mass is 10.1. The quantitative estimate of drug-likeness (QED) is 0.796. The molecule has 0 bridgehead atoms. The van der Waals surface area contributed by atoms with Crippen LogP contribution >= 0.6 is 11.6 Å². The number of anilines is 1. The van der Waals surface area contributed by atoms with Crippen molar-refractivity contribution in [1.29, 1.82) is 0 Å². The molecule has 4 nitrogen and oxygen atoms in total. The Morgan fingerprint density at radius 1 is 1.32 bits per heavy atom. The van der Waals surface area contributed by atoms with Crippen molar-refractivity contribution in [3.63, 3.8) is 0 Å². The first-order valence-corrected chi connectivity index (χ1v) is 6.74. The van der Waals surface area contributed by atoms with Crippen LogP contribution in [-0.4, -0.2) is 40.0 Å². The van der Waals surface area contributed by atoms with Crippen LogP contribution in [0.2, 0.25) is 5.02 Å². The van der Waals surface area contributed by atoms with Crippen LogP contribution in [-0.2, 0) is 16.0 Å². The first kappa shape index (κ1) is 16.2. The number of nitrogens with two attached hydrogens (primary N) is 1. The monoisotopic (exact) mass is 286 g/mol. The van der Waals surface area contributed by atoms with E-state index in [4.69, 9.17) is 26.8 Å². The Morgan fingerprint density at radius 3 is 2.58 bits per heavy atom. The predicted molar refractivity (Wildman–Crippen MR) is 79.9 cm³/mol. The second-order valence-corrected chi connectivity index (χ2v) is 4.88. The third-order valence-corrected chi connectivity index (χ3v) is 3.42. The molecule has 0 fully saturated rings. The highest BCUT2D eigenvalue weighted by Crippen LogP contribution is 2.25. The van der Waals surface area contributed by atoms with Crippen LogP contribution in [0, 0.1) is 0 Å². The van der Waals surface area contributed by atoms with Gasteiger partial charge in [-0.05, 0) is 24.6 Å². The largest absolute Gasteiger partial charge is 0.383 e. The summed E-state index contributed by atoms with van der Waals surface area (Å²) in [5, 5.41) is 0.701. The zero-order valence-electron chi connectivity index (χ0n) is 11.9. The molecule has 19 heavy (non-hydrogen) atoms. The van der Waals surface area contributed by atoms with E-state index in [-0.39, 0.29) is 6.04 Å². The highest BCUT2D eigenvalue weighted by atomic mass is 35.5. The molecular formula is C14H23ClN2O2. The van der Waals surface area contributed by atoms with Gasteiger partial charge in [-0.2, -0.15) is 0 Å². The van der Waals surface area contributed by atoms with Gasteiger partial charge in [0.1, 0.15) is 0 Å². The average Bonchev–Trinajstić information content (AvgIpc) is 2.39. The van der Waals surface area contributed by atoms with Crippen LogP contribution in [0.1, 0.15) is 12.5 Å². The van der Waals surface area contributed by atoms with E-state index in [0.29, 0.717) is 24.8 Å². The van der Waals surface area contributed by atoms with E-state index in [1.54, 1.807) is 14.2 Å². The molecule has 0 radical (unpaired) electrons. The van der Waals surface area contributed by atoms with Gasteiger partial charge in [0, 0.05) is 44.1 Å². The number of methoxy groups -OCH3 is 2. The highest BCUT2D eigenvalue weighted by molar-refractivity contribution is 6.31. The van der Waals surface area contributed by atoms with E-state index in [9.17, 15) is 0 Å². The summed E-state index contributed by atoms with van der Waals surface area (Å²) in [4.78, 5) is 2.22. The fraction of sp³-hybridized carbons (Fsp3) is 0.571. The van der Waals surface area contributed by atoms with Crippen LogP contribution in [0.3, 0.4) is 0 Å². The van der Waals surface area contributed by atoms with Crippen molar-refractivity contribution in [3.05, 3.63) is 28.8 Å². The van der Waals surface area contributed by atoms with Crippen LogP contribution in [0.4, 0.5) is 5.69 Å². The standard InChI is InChI=1S/C14H23ClN2O2/c1-11(10-19-3)17(6-7-18-2)13-5-4-12(9-16)14(15)8-13/h4-5,8,11H,6-7,9-10,16H2,1-3H3. The number of halogens is 1. The van der Waals surface area contributed by atoms with Crippen molar-refractivity contribution in [1.82, 2.24) is 0 Å². The molecule has 0 aliphatic carbocycles. The van der Waals surface area contributed by atoms with E-state index in [0.717, 1.165) is 17.8 Å². The minimum Gasteiger partial charge on any atom is -0.383 e. The average molecular weight is 287 g/mol. The highest BCUT2D eigenvalue weighted by Gasteiger charge is 2.15. The molecule has 1 rings (SSSR count). The van der Waals surface area contributed by atoms with Gasteiger partial charge in [0.05, 0.1) is 13.2 Å². The minimum absolute atomic E-state index is 0.250. The van der Waals surface area contributed by atoms with Gasteiger partial charge in [-0.3, -0.25) is 0 Å². The Morgan fingerprint density at radius 2 is 2.05 bits per heavy atom. The molecule has 0 aliphatic heterocycles. The van der Waals surface area contributed by atoms with Gasteiger partial charge in [0.25, 0.3) is 0 Å². The molecule has 0 aliphatic rings. The first-order chi connectivity index (χ1) is 9.13. The zero-order chi connectivity index (χ0) is 14.3. The summed E-state index contributed by atoms with van der Waals surface area (Å²) in [6, 6.07) is 6.21. The first-order valence-electron chi connectivity index (χ1n) is 6.37. The van der Waals surface area contributed by atoms with Gasteiger partial charge in [0.15, 0.2) is 0 Å². The fourth-order valence-electron chi connectivity index (χ4n) is 2.01. The number of nitrogens with zero attached hydrogens (tertiary/aromatic N) is 1. The Labute approximate surface area is 120 Å². The van der Waals surface area contributed by atoms with Crippen molar-refractivity contribution in [3.8, 4) is 0 Å². The van der Waals surface area contributed by atoms with E-state index in [2.05, 4.69) is 11.8 Å². The van der Waals surface area contributed by atoms with Crippen LogP contribution < -0.4 is 10.6 Å². The van der Waals surface area contributed by atoms with E-state index in [1.165, 1.54) is 0 Å². The summed E-state index contributed by atoms with van der Waals surface area (Å²) >= 11 is 6.22. The summed E-state index contributed by atoms with van der Waals surface area (Å²) in [7, 11) is 3.40. The number of hydrogen-bond acceptors (Lipinski definition) is 4. The molecule has 1 atom stereocenters. The SMILES string of the molecule is COCCN(c1ccc(CN)c(Cl)c1)C(C)COC. The van der Waals surface area contributed by atoms with E-state index >= 15 is 0 Å². The Hall–Kier alpha value is -0.810. The van der Waals surface area contributed by atoms with Gasteiger partial charge >= 0.3 is 0 Å². The van der Waals surface area contributed by atoms with Crippen molar-refractivity contribution < 1.29 is 9.47 Å². The lowest BCUT2D eigenvalue weighted by molar-refractivity contribution is 0.171. The van der Waals surface area contributed by atoms with Gasteiger partial charge < -0.3 is 20.1 Å². The van der Waals surface area contributed by atoms with E-state index in [1.807, 2.05) is 18.2 Å². The maximum absolute atomic E-state index is 6.22. The number of ether oxygens (including phenoxy) is 2. The summed E-state index contributed by atoms with van der Waals surface area (Å²) < 4.78 is 10.4. The van der Waals surface area contributed by atoms with Crippen molar-refractivity contribution in [2.75, 3.05) is 38.9 Å². The zero-order valence-corrected chi connectivity index (χ0v) is 12.6. The number of rotatable bonds is 8. The molecule has 0 aromatic heterocycles. The Kier molecular flexibility index (Phi) is 7.16. The molecule has 1 aromatic rings. The molecule has 0 heterocycles. The van der Waals surface area contributed by atoms with Gasteiger partial charge in [-0.15, -0.1) is 0 Å². The van der Waals surface area contributed by atoms with E-state index < -0.39 is 0 Å². The molecule has 0 spiro atoms. The maximum Gasteiger partial charge on any atom is 0.0663 e. The summed E-state index contributed by atoms with van der Waals surface area (Å²) in [5.41, 5.74) is 7.64. The normalized spacial score (nSPS) is 12.5. The number of benzene rings is 1. The Balaban J connectivity index is 2.92. The summed E-state index contributed by atoms with van der Waals surface area (Å²) in [6.07, 6.45) is 0. The lowest BCUT2D eigenvalue weighted by Gasteiger charge is -2.31. The third kappa shape index (κ3) is 4.66. The Bertz CT molecular complexity index is 388. The van der Waals surface area contributed by atoms with Crippen LogP contribution in [0.15, 0.2) is 18.2 Å². The third-order valence-electron chi connectivity index (χ3n) is 3.06. The van der Waals surface area contributed by atoms with Crippen molar-refractivity contribution >= 4 is 17.3 Å². The molecule has 0 amide bonds. The molecule has 0 saturated heterocycles. The minimum atomic E-state index is 0.250. The molecule has 0 saturated carbocycles. The number of hydrogen-bond donors (Lipinski definition) is 1. The van der Waals surface area contributed by atoms with Gasteiger partial charge in [0.2, 0.25) is 0 Å². The molecule has 1 unspecified atom stereocenters. The van der Waals surface area contributed by atoms with Crippen LogP contribution in [0.25, 0.3) is 0 Å². The van der Waals surface area contributed by atoms with Crippen molar-refractivity contribution in [2.45, 2.75) is 19.5 Å². The second kappa shape index (κ2) is 8.38. The summed E-state index contributed by atoms with van der Waals surface area (Å²) in [5.74, 6) is 0. The fourth-order valence-corrected chi connectivity index (χ4v) is 2.26. The topological polar surface area (TPSA) is 47.7 Å². The molecule has 2 N–H and O–H groups in total. The smallest absolute Gasteiger partial charge is 0.0663 e. The molecule has 108 valence electrons. The van der Waals surface area contributed by atoms with Gasteiger partial charge in [-0.1, -0.05) is 17.7 Å². The van der Waals surface area contributed by atoms with Gasteiger partial charge in [-0.25, -0.2) is 0 Å². The maximum atomic E-state index is 6.22. The van der Waals surface area contributed by atoms with Crippen LogP contribution in [0.5, 0.6) is 0 Å². The second-order valence-electron chi connectivity index (χ2n) is 4.47. The molecule has 1 aromatic carbocycles. The predicted octanol–water partition coefficient (Wildman–Crippen LogP) is 2.29. The molecule has 5 heteroatoms. The lowest BCUT2D eigenvalue weighted by Crippen LogP contribution is -2.38. The van der Waals surface area contributed by atoms with Crippen molar-refractivity contribution in [2.24, 2.45) is 5.73 Å².